The van der Waals surface area contributed by atoms with Crippen molar-refractivity contribution in [3.63, 3.8) is 0 Å². The molecular formula is C22H24FN5O. The molecule has 2 atom stereocenters. The predicted molar refractivity (Wildman–Crippen MR) is 108 cm³/mol. The van der Waals surface area contributed by atoms with Crippen molar-refractivity contribution in [2.45, 2.75) is 37.8 Å². The first-order chi connectivity index (χ1) is 14.1. The molecule has 3 aromatic rings. The van der Waals surface area contributed by atoms with Gasteiger partial charge in [0.1, 0.15) is 12.1 Å². The van der Waals surface area contributed by atoms with Crippen LogP contribution >= 0.6 is 0 Å². The summed E-state index contributed by atoms with van der Waals surface area (Å²) in [6.45, 7) is 0.662. The molecule has 1 aliphatic rings. The van der Waals surface area contributed by atoms with Crippen molar-refractivity contribution in [3.05, 3.63) is 78.1 Å². The fraction of sp³-hybridized carbons (Fsp3) is 0.318. The molecule has 29 heavy (non-hydrogen) atoms. The summed E-state index contributed by atoms with van der Waals surface area (Å²) in [7, 11) is 0. The number of halogens is 1. The molecule has 2 aromatic carbocycles. The Balaban J connectivity index is 1.42. The molecule has 0 bridgehead atoms. The number of para-hydroxylation sites is 1. The van der Waals surface area contributed by atoms with E-state index in [1.165, 1.54) is 6.07 Å². The second-order valence-electron chi connectivity index (χ2n) is 7.39. The van der Waals surface area contributed by atoms with E-state index in [4.69, 9.17) is 5.73 Å². The van der Waals surface area contributed by atoms with E-state index in [0.29, 0.717) is 24.4 Å². The van der Waals surface area contributed by atoms with Crippen LogP contribution in [0.1, 0.15) is 36.7 Å². The molecule has 4 rings (SSSR count). The van der Waals surface area contributed by atoms with Crippen molar-refractivity contribution >= 4 is 5.91 Å². The monoisotopic (exact) mass is 393 g/mol. The fourth-order valence-corrected chi connectivity index (χ4v) is 3.83. The number of carbonyl (C=O) groups is 1. The Morgan fingerprint density at radius 2 is 1.93 bits per heavy atom. The van der Waals surface area contributed by atoms with Crippen LogP contribution < -0.4 is 5.73 Å². The molecule has 0 radical (unpaired) electrons. The zero-order chi connectivity index (χ0) is 20.2. The van der Waals surface area contributed by atoms with Gasteiger partial charge in [-0.2, -0.15) is 0 Å². The van der Waals surface area contributed by atoms with Gasteiger partial charge in [0.25, 0.3) is 0 Å². The van der Waals surface area contributed by atoms with Gasteiger partial charge in [-0.1, -0.05) is 36.4 Å². The Morgan fingerprint density at radius 1 is 1.17 bits per heavy atom. The maximum atomic E-state index is 13.8. The maximum absolute atomic E-state index is 13.8. The van der Waals surface area contributed by atoms with Gasteiger partial charge in [0.2, 0.25) is 5.91 Å². The van der Waals surface area contributed by atoms with Gasteiger partial charge < -0.3 is 10.6 Å². The smallest absolute Gasteiger partial charge is 0.224 e. The highest BCUT2D eigenvalue weighted by molar-refractivity contribution is 5.77. The van der Waals surface area contributed by atoms with Crippen LogP contribution in [0.15, 0.2) is 60.9 Å². The van der Waals surface area contributed by atoms with Gasteiger partial charge in [-0.25, -0.2) is 14.1 Å². The van der Waals surface area contributed by atoms with E-state index in [1.807, 2.05) is 35.2 Å². The molecule has 1 saturated heterocycles. The zero-order valence-electron chi connectivity index (χ0n) is 16.1. The van der Waals surface area contributed by atoms with Crippen molar-refractivity contribution in [2.24, 2.45) is 5.73 Å². The quantitative estimate of drug-likeness (QED) is 0.698. The number of benzene rings is 2. The van der Waals surface area contributed by atoms with Crippen LogP contribution in [-0.4, -0.2) is 38.2 Å². The Labute approximate surface area is 169 Å². The number of rotatable bonds is 6. The average molecular weight is 393 g/mol. The van der Waals surface area contributed by atoms with Gasteiger partial charge in [0, 0.05) is 19.0 Å². The van der Waals surface area contributed by atoms with Gasteiger partial charge in [-0.05, 0) is 43.0 Å². The standard InChI is InChI=1S/C22H24FN5O/c23-19-10-5-4-7-16(19)13-17(24)14-21(29)27-12-6-11-20(27)22-25-15-28(26-22)18-8-2-1-3-9-18/h1-5,7-10,15,17,20H,6,11-14,24H2/t17?,20-/m0/s1. The summed E-state index contributed by atoms with van der Waals surface area (Å²) in [6, 6.07) is 15.7. The lowest BCUT2D eigenvalue weighted by molar-refractivity contribution is -0.132. The minimum absolute atomic E-state index is 0.0348. The summed E-state index contributed by atoms with van der Waals surface area (Å²) in [5.74, 6) is 0.319. The first-order valence-electron chi connectivity index (χ1n) is 9.87. The topological polar surface area (TPSA) is 77.0 Å². The molecule has 1 aromatic heterocycles. The number of carbonyl (C=O) groups excluding carboxylic acids is 1. The molecule has 2 heterocycles. The SMILES string of the molecule is NC(CC(=O)N1CCC[C@H]1c1ncn(-c2ccccc2)n1)Cc1ccccc1F. The summed E-state index contributed by atoms with van der Waals surface area (Å²) in [4.78, 5) is 19.1. The highest BCUT2D eigenvalue weighted by Gasteiger charge is 2.33. The van der Waals surface area contributed by atoms with Crippen LogP contribution in [0.5, 0.6) is 0 Å². The molecule has 2 N–H and O–H groups in total. The van der Waals surface area contributed by atoms with E-state index in [9.17, 15) is 9.18 Å². The van der Waals surface area contributed by atoms with Gasteiger partial charge >= 0.3 is 0 Å². The molecule has 0 spiro atoms. The normalized spacial score (nSPS) is 17.4. The van der Waals surface area contributed by atoms with Crippen LogP contribution in [0.4, 0.5) is 4.39 Å². The lowest BCUT2D eigenvalue weighted by atomic mass is 10.0. The summed E-state index contributed by atoms with van der Waals surface area (Å²) in [5.41, 5.74) is 7.62. The highest BCUT2D eigenvalue weighted by Crippen LogP contribution is 2.30. The van der Waals surface area contributed by atoms with Crippen LogP contribution in [0.3, 0.4) is 0 Å². The second-order valence-corrected chi connectivity index (χ2v) is 7.39. The number of likely N-dealkylation sites (tertiary alicyclic amines) is 1. The minimum Gasteiger partial charge on any atom is -0.332 e. The molecule has 6 nitrogen and oxygen atoms in total. The van der Waals surface area contributed by atoms with E-state index in [1.54, 1.807) is 29.2 Å². The number of amides is 1. The van der Waals surface area contributed by atoms with Crippen LogP contribution in [0.2, 0.25) is 0 Å². The number of nitrogens with two attached hydrogens (primary N) is 1. The zero-order valence-corrected chi connectivity index (χ0v) is 16.1. The largest absolute Gasteiger partial charge is 0.332 e. The molecule has 1 fully saturated rings. The van der Waals surface area contributed by atoms with E-state index in [0.717, 1.165) is 18.5 Å². The predicted octanol–water partition coefficient (Wildman–Crippen LogP) is 3.03. The number of hydrogen-bond donors (Lipinski definition) is 1. The third-order valence-electron chi connectivity index (χ3n) is 5.28. The lowest BCUT2D eigenvalue weighted by Gasteiger charge is -2.24. The molecular weight excluding hydrogens is 369 g/mol. The maximum Gasteiger partial charge on any atom is 0.224 e. The molecule has 0 saturated carbocycles. The van der Waals surface area contributed by atoms with Crippen molar-refractivity contribution in [1.82, 2.24) is 19.7 Å². The van der Waals surface area contributed by atoms with Gasteiger partial charge in [-0.15, -0.1) is 5.10 Å². The lowest BCUT2D eigenvalue weighted by Crippen LogP contribution is -2.36. The molecule has 0 aliphatic carbocycles. The van der Waals surface area contributed by atoms with Crippen molar-refractivity contribution in [2.75, 3.05) is 6.54 Å². The van der Waals surface area contributed by atoms with Crippen LogP contribution in [0, 0.1) is 5.82 Å². The third kappa shape index (κ3) is 4.35. The average Bonchev–Trinajstić information content (AvgIpc) is 3.40. The van der Waals surface area contributed by atoms with E-state index in [2.05, 4.69) is 10.1 Å². The fourth-order valence-electron chi connectivity index (χ4n) is 3.83. The van der Waals surface area contributed by atoms with Gasteiger partial charge in [0.15, 0.2) is 5.82 Å². The third-order valence-corrected chi connectivity index (χ3v) is 5.28. The Bertz CT molecular complexity index is 974. The van der Waals surface area contributed by atoms with Crippen molar-refractivity contribution in [3.8, 4) is 5.69 Å². The van der Waals surface area contributed by atoms with Crippen molar-refractivity contribution < 1.29 is 9.18 Å². The summed E-state index contributed by atoms with van der Waals surface area (Å²) >= 11 is 0. The first-order valence-corrected chi connectivity index (χ1v) is 9.87. The Morgan fingerprint density at radius 3 is 2.72 bits per heavy atom. The first kappa shape index (κ1) is 19.3. The molecule has 1 aliphatic heterocycles. The van der Waals surface area contributed by atoms with Crippen molar-refractivity contribution in [1.29, 1.82) is 0 Å². The molecule has 1 amide bonds. The molecule has 150 valence electrons. The summed E-state index contributed by atoms with van der Waals surface area (Å²) in [5, 5.41) is 4.58. The van der Waals surface area contributed by atoms with Gasteiger partial charge in [0.05, 0.1) is 11.7 Å². The Hall–Kier alpha value is -3.06. The second kappa shape index (κ2) is 8.53. The van der Waals surface area contributed by atoms with E-state index < -0.39 is 6.04 Å². The number of nitrogens with zero attached hydrogens (tertiary/aromatic N) is 4. The molecule has 7 heteroatoms. The van der Waals surface area contributed by atoms with E-state index >= 15 is 0 Å². The highest BCUT2D eigenvalue weighted by atomic mass is 19.1. The van der Waals surface area contributed by atoms with Crippen LogP contribution in [-0.2, 0) is 11.2 Å². The number of hydrogen-bond acceptors (Lipinski definition) is 4. The Kier molecular flexibility index (Phi) is 5.67. The van der Waals surface area contributed by atoms with Gasteiger partial charge in [-0.3, -0.25) is 4.79 Å². The van der Waals surface area contributed by atoms with E-state index in [-0.39, 0.29) is 24.2 Å². The molecule has 1 unspecified atom stereocenters. The summed E-state index contributed by atoms with van der Waals surface area (Å²) in [6.07, 6.45) is 3.91. The van der Waals surface area contributed by atoms with Crippen LogP contribution in [0.25, 0.3) is 5.69 Å². The number of aromatic nitrogens is 3. The minimum atomic E-state index is -0.435. The summed E-state index contributed by atoms with van der Waals surface area (Å²) < 4.78 is 15.6.